The van der Waals surface area contributed by atoms with E-state index in [0.29, 0.717) is 0 Å². The van der Waals surface area contributed by atoms with Crippen LogP contribution in [0.2, 0.25) is 0 Å². The normalized spacial score (nSPS) is 12.7. The monoisotopic (exact) mass is 302 g/mol. The zero-order chi connectivity index (χ0) is 15.5. The molecule has 1 rings (SSSR count). The van der Waals surface area contributed by atoms with Crippen LogP contribution < -0.4 is 15.8 Å². The first-order valence-corrected chi connectivity index (χ1v) is 6.96. The number of carbonyl (C=O) groups is 1. The number of para-hydroxylation sites is 1. The molecule has 0 fully saturated rings. The van der Waals surface area contributed by atoms with Gasteiger partial charge >= 0.3 is 5.69 Å². The number of likely N-dealkylation sites (N-methyl/N-ethyl adjacent to an activating group) is 1. The van der Waals surface area contributed by atoms with Crippen LogP contribution in [0, 0.1) is 10.1 Å². The van der Waals surface area contributed by atoms with Crippen molar-refractivity contribution < 1.29 is 18.1 Å². The molecular weight excluding hydrogens is 288 g/mol. The van der Waals surface area contributed by atoms with Gasteiger partial charge in [-0.2, -0.15) is 4.72 Å². The van der Waals surface area contributed by atoms with Gasteiger partial charge in [0.1, 0.15) is 5.69 Å². The molecule has 10 heteroatoms. The fourth-order valence-corrected chi connectivity index (χ4v) is 2.92. The lowest BCUT2D eigenvalue weighted by atomic mass is 10.3. The van der Waals surface area contributed by atoms with Gasteiger partial charge in [-0.15, -0.1) is 0 Å². The lowest BCUT2D eigenvalue weighted by Gasteiger charge is -2.13. The second kappa shape index (κ2) is 5.84. The summed E-state index contributed by atoms with van der Waals surface area (Å²) in [5, 5.41) is 13.2. The Bertz CT molecular complexity index is 643. The van der Waals surface area contributed by atoms with Gasteiger partial charge in [0.2, 0.25) is 15.9 Å². The number of hydrogen-bond donors (Lipinski definition) is 3. The third-order valence-corrected chi connectivity index (χ3v) is 4.05. The molecule has 1 amide bonds. The molecule has 1 unspecified atom stereocenters. The Balaban J connectivity index is 3.27. The maximum atomic E-state index is 12.1. The number of nitro benzene ring substituents is 1. The van der Waals surface area contributed by atoms with Crippen molar-refractivity contribution in [2.45, 2.75) is 17.9 Å². The van der Waals surface area contributed by atoms with Gasteiger partial charge in [-0.25, -0.2) is 8.42 Å². The third-order valence-electron chi connectivity index (χ3n) is 2.47. The number of nitrogen functional groups attached to an aromatic ring is 1. The number of nitro groups is 1. The summed E-state index contributed by atoms with van der Waals surface area (Å²) in [4.78, 5) is 20.8. The van der Waals surface area contributed by atoms with E-state index in [1.165, 1.54) is 26.1 Å². The first kappa shape index (κ1) is 15.9. The van der Waals surface area contributed by atoms with Crippen LogP contribution in [0.1, 0.15) is 6.92 Å². The molecule has 1 aromatic rings. The average molecular weight is 302 g/mol. The Morgan fingerprint density at radius 1 is 1.45 bits per heavy atom. The minimum atomic E-state index is -4.25. The van der Waals surface area contributed by atoms with E-state index in [9.17, 15) is 23.3 Å². The van der Waals surface area contributed by atoms with Crippen molar-refractivity contribution in [1.29, 1.82) is 0 Å². The van der Waals surface area contributed by atoms with Gasteiger partial charge in [0, 0.05) is 7.05 Å². The summed E-state index contributed by atoms with van der Waals surface area (Å²) in [7, 11) is -2.90. The van der Waals surface area contributed by atoms with E-state index in [1.54, 1.807) is 0 Å². The molecule has 0 aliphatic carbocycles. The number of anilines is 1. The predicted octanol–water partition coefficient (Wildman–Crippen LogP) is -0.410. The number of nitrogens with two attached hydrogens (primary N) is 1. The first-order valence-electron chi connectivity index (χ1n) is 5.47. The van der Waals surface area contributed by atoms with Crippen molar-refractivity contribution >= 4 is 27.3 Å². The molecule has 0 aliphatic heterocycles. The van der Waals surface area contributed by atoms with E-state index in [2.05, 4.69) is 5.32 Å². The van der Waals surface area contributed by atoms with E-state index >= 15 is 0 Å². The molecule has 0 aromatic heterocycles. The maximum absolute atomic E-state index is 12.1. The van der Waals surface area contributed by atoms with Crippen molar-refractivity contribution in [2.24, 2.45) is 0 Å². The van der Waals surface area contributed by atoms with E-state index in [4.69, 9.17) is 5.73 Å². The number of nitrogens with zero attached hydrogens (tertiary/aromatic N) is 1. The fraction of sp³-hybridized carbons (Fsp3) is 0.300. The summed E-state index contributed by atoms with van der Waals surface area (Å²) in [6, 6.07) is 2.47. The van der Waals surface area contributed by atoms with Gasteiger partial charge in [-0.05, 0) is 19.1 Å². The first-order chi connectivity index (χ1) is 9.20. The van der Waals surface area contributed by atoms with Crippen LogP contribution in [-0.2, 0) is 14.8 Å². The molecule has 20 heavy (non-hydrogen) atoms. The van der Waals surface area contributed by atoms with Crippen molar-refractivity contribution in [3.8, 4) is 0 Å². The van der Waals surface area contributed by atoms with E-state index in [0.717, 1.165) is 6.07 Å². The van der Waals surface area contributed by atoms with E-state index < -0.39 is 37.5 Å². The number of hydrogen-bond acceptors (Lipinski definition) is 6. The lowest BCUT2D eigenvalue weighted by molar-refractivity contribution is -0.386. The van der Waals surface area contributed by atoms with Gasteiger partial charge in [-0.3, -0.25) is 14.9 Å². The second-order valence-electron chi connectivity index (χ2n) is 3.91. The van der Waals surface area contributed by atoms with Crippen molar-refractivity contribution in [2.75, 3.05) is 12.8 Å². The largest absolute Gasteiger partial charge is 0.393 e. The van der Waals surface area contributed by atoms with E-state index in [1.807, 2.05) is 4.72 Å². The third kappa shape index (κ3) is 3.22. The number of rotatable bonds is 5. The molecule has 0 heterocycles. The Hall–Kier alpha value is -2.20. The Morgan fingerprint density at radius 2 is 2.05 bits per heavy atom. The highest BCUT2D eigenvalue weighted by molar-refractivity contribution is 7.89. The topological polar surface area (TPSA) is 144 Å². The highest BCUT2D eigenvalue weighted by atomic mass is 32.2. The van der Waals surface area contributed by atoms with Crippen LogP contribution in [0.4, 0.5) is 11.4 Å². The molecular formula is C10H14N4O5S. The number of benzene rings is 1. The summed E-state index contributed by atoms with van der Waals surface area (Å²) < 4.78 is 26.2. The van der Waals surface area contributed by atoms with Crippen molar-refractivity contribution in [1.82, 2.24) is 10.0 Å². The van der Waals surface area contributed by atoms with Crippen LogP contribution in [-0.4, -0.2) is 32.3 Å². The zero-order valence-electron chi connectivity index (χ0n) is 10.8. The lowest BCUT2D eigenvalue weighted by Crippen LogP contribution is -2.43. The van der Waals surface area contributed by atoms with Gasteiger partial charge in [-0.1, -0.05) is 6.07 Å². The quantitative estimate of drug-likeness (QED) is 0.383. The standard InChI is InChI=1S/C10H14N4O5S/c1-6(10(15)12-2)13-20(18,19)8-5-3-4-7(11)9(8)14(16)17/h3-6,13H,11H2,1-2H3,(H,12,15). The molecule has 0 spiro atoms. The molecule has 1 atom stereocenters. The highest BCUT2D eigenvalue weighted by Gasteiger charge is 2.30. The average Bonchev–Trinajstić information content (AvgIpc) is 2.36. The molecule has 0 aliphatic rings. The molecule has 0 saturated heterocycles. The minimum Gasteiger partial charge on any atom is -0.393 e. The summed E-state index contributed by atoms with van der Waals surface area (Å²) in [5.41, 5.74) is 4.43. The summed E-state index contributed by atoms with van der Waals surface area (Å²) in [6.07, 6.45) is 0. The SMILES string of the molecule is CNC(=O)C(C)NS(=O)(=O)c1cccc(N)c1[N+](=O)[O-]. The zero-order valence-corrected chi connectivity index (χ0v) is 11.6. The fourth-order valence-electron chi connectivity index (χ4n) is 1.52. The number of carbonyl (C=O) groups excluding carboxylic acids is 1. The maximum Gasteiger partial charge on any atom is 0.312 e. The summed E-state index contributed by atoms with van der Waals surface area (Å²) in [6.45, 7) is 1.31. The molecule has 0 radical (unpaired) electrons. The Labute approximate surface area is 115 Å². The number of sulfonamides is 1. The Kier molecular flexibility index (Phi) is 4.63. The molecule has 0 saturated carbocycles. The van der Waals surface area contributed by atoms with Crippen LogP contribution >= 0.6 is 0 Å². The minimum absolute atomic E-state index is 0.273. The highest BCUT2D eigenvalue weighted by Crippen LogP contribution is 2.29. The molecule has 4 N–H and O–H groups in total. The predicted molar refractivity (Wildman–Crippen MR) is 71.4 cm³/mol. The van der Waals surface area contributed by atoms with Gasteiger partial charge in [0.25, 0.3) is 0 Å². The van der Waals surface area contributed by atoms with Crippen LogP contribution in [0.15, 0.2) is 23.1 Å². The molecule has 9 nitrogen and oxygen atoms in total. The van der Waals surface area contributed by atoms with Crippen molar-refractivity contribution in [3.63, 3.8) is 0 Å². The van der Waals surface area contributed by atoms with Crippen LogP contribution in [0.3, 0.4) is 0 Å². The molecule has 110 valence electrons. The Morgan fingerprint density at radius 3 is 2.55 bits per heavy atom. The summed E-state index contributed by atoms with van der Waals surface area (Å²) in [5.74, 6) is -0.569. The van der Waals surface area contributed by atoms with Gasteiger partial charge in [0.15, 0.2) is 4.90 Å². The van der Waals surface area contributed by atoms with Crippen LogP contribution in [0.25, 0.3) is 0 Å². The number of amides is 1. The van der Waals surface area contributed by atoms with Gasteiger partial charge in [0.05, 0.1) is 11.0 Å². The number of nitrogens with one attached hydrogen (secondary N) is 2. The van der Waals surface area contributed by atoms with E-state index in [-0.39, 0.29) is 5.69 Å². The summed E-state index contributed by atoms with van der Waals surface area (Å²) >= 11 is 0. The van der Waals surface area contributed by atoms with Crippen molar-refractivity contribution in [3.05, 3.63) is 28.3 Å². The molecule has 1 aromatic carbocycles. The van der Waals surface area contributed by atoms with Gasteiger partial charge < -0.3 is 11.1 Å². The second-order valence-corrected chi connectivity index (χ2v) is 5.59. The molecule has 0 bridgehead atoms. The van der Waals surface area contributed by atoms with Crippen LogP contribution in [0.5, 0.6) is 0 Å². The smallest absolute Gasteiger partial charge is 0.312 e.